The van der Waals surface area contributed by atoms with Gasteiger partial charge in [0.2, 0.25) is 5.91 Å². The van der Waals surface area contributed by atoms with Gasteiger partial charge in [0.1, 0.15) is 11.3 Å². The van der Waals surface area contributed by atoms with Gasteiger partial charge < -0.3 is 14.1 Å². The molecule has 1 fully saturated rings. The Morgan fingerprint density at radius 1 is 1.18 bits per heavy atom. The zero-order valence-corrected chi connectivity index (χ0v) is 20.5. The Balaban J connectivity index is 1.80. The molecule has 1 aliphatic rings. The third-order valence-corrected chi connectivity index (χ3v) is 6.84. The van der Waals surface area contributed by atoms with Gasteiger partial charge in [0.05, 0.1) is 12.9 Å². The van der Waals surface area contributed by atoms with Crippen LogP contribution in [0.25, 0.3) is 27.7 Å². The summed E-state index contributed by atoms with van der Waals surface area (Å²) < 4.78 is 12.1. The molecule has 0 radical (unpaired) electrons. The van der Waals surface area contributed by atoms with Crippen LogP contribution in [-0.2, 0) is 4.79 Å². The molecule has 2 aromatic carbocycles. The monoisotopic (exact) mass is 445 g/mol. The highest BCUT2D eigenvalue weighted by molar-refractivity contribution is 6.01. The number of piperidine rings is 1. The standard InChI is InChI=1S/C29H35NO3/c1-6-23-10-8-9-15-30(23)27(31)16-20(4)24-17-25-26(22-13-11-19(3)12-14-22)18-33-29(25)21(5)28(24)32-7-2/h11-14,16-18,23H,6-10,15H2,1-5H3/b20-16+. The molecular formula is C29H35NO3. The quantitative estimate of drug-likeness (QED) is 0.374. The number of likely N-dealkylation sites (tertiary alicyclic amines) is 1. The highest BCUT2D eigenvalue weighted by atomic mass is 16.5. The summed E-state index contributed by atoms with van der Waals surface area (Å²) in [6.45, 7) is 11.7. The largest absolute Gasteiger partial charge is 0.493 e. The van der Waals surface area contributed by atoms with Crippen molar-refractivity contribution >= 4 is 22.4 Å². The van der Waals surface area contributed by atoms with Gasteiger partial charge in [-0.1, -0.05) is 36.8 Å². The van der Waals surface area contributed by atoms with Crippen molar-refractivity contribution in [1.29, 1.82) is 0 Å². The van der Waals surface area contributed by atoms with E-state index in [4.69, 9.17) is 9.15 Å². The molecule has 2 heterocycles. The van der Waals surface area contributed by atoms with Crippen LogP contribution in [0.1, 0.15) is 63.1 Å². The molecule has 0 N–H and O–H groups in total. The van der Waals surface area contributed by atoms with Gasteiger partial charge in [0, 0.05) is 40.7 Å². The number of allylic oxidation sites excluding steroid dienone is 1. The van der Waals surface area contributed by atoms with Crippen molar-refractivity contribution in [3.8, 4) is 16.9 Å². The first-order valence-electron chi connectivity index (χ1n) is 12.2. The molecule has 1 aromatic heterocycles. The minimum atomic E-state index is 0.102. The van der Waals surface area contributed by atoms with E-state index >= 15 is 0 Å². The number of amides is 1. The van der Waals surface area contributed by atoms with Crippen LogP contribution in [0.2, 0.25) is 0 Å². The Hall–Kier alpha value is -3.01. The maximum absolute atomic E-state index is 13.2. The summed E-state index contributed by atoms with van der Waals surface area (Å²) in [6, 6.07) is 10.9. The van der Waals surface area contributed by atoms with Crippen molar-refractivity contribution in [2.24, 2.45) is 0 Å². The predicted molar refractivity (Wildman–Crippen MR) is 136 cm³/mol. The summed E-state index contributed by atoms with van der Waals surface area (Å²) in [5, 5.41) is 1.04. The first kappa shape index (κ1) is 23.2. The number of hydrogen-bond donors (Lipinski definition) is 0. The number of hydrogen-bond acceptors (Lipinski definition) is 3. The molecule has 4 nitrogen and oxygen atoms in total. The van der Waals surface area contributed by atoms with E-state index < -0.39 is 0 Å². The second-order valence-electron chi connectivity index (χ2n) is 9.12. The molecular weight excluding hydrogens is 410 g/mol. The number of carbonyl (C=O) groups is 1. The van der Waals surface area contributed by atoms with Gasteiger partial charge >= 0.3 is 0 Å². The number of ether oxygens (including phenoxy) is 1. The van der Waals surface area contributed by atoms with Crippen LogP contribution < -0.4 is 4.74 Å². The fourth-order valence-corrected chi connectivity index (χ4v) is 4.96. The van der Waals surface area contributed by atoms with E-state index in [0.29, 0.717) is 12.6 Å². The Morgan fingerprint density at radius 2 is 1.94 bits per heavy atom. The molecule has 0 bridgehead atoms. The number of carbonyl (C=O) groups excluding carboxylic acids is 1. The first-order chi connectivity index (χ1) is 15.9. The van der Waals surface area contributed by atoms with Crippen LogP contribution >= 0.6 is 0 Å². The van der Waals surface area contributed by atoms with E-state index in [9.17, 15) is 4.79 Å². The zero-order chi connectivity index (χ0) is 23.5. The molecule has 4 rings (SSSR count). The molecule has 4 heteroatoms. The van der Waals surface area contributed by atoms with Crippen molar-refractivity contribution in [1.82, 2.24) is 4.90 Å². The Kier molecular flexibility index (Phi) is 6.92. The number of aryl methyl sites for hydroxylation is 2. The van der Waals surface area contributed by atoms with Gasteiger partial charge in [-0.25, -0.2) is 0 Å². The SMILES string of the molecule is CCOc1c(/C(C)=C/C(=O)N2CCCCC2CC)cc2c(-c3ccc(C)cc3)coc2c1C. The summed E-state index contributed by atoms with van der Waals surface area (Å²) in [7, 11) is 0. The van der Waals surface area contributed by atoms with Crippen LogP contribution in [0.4, 0.5) is 0 Å². The second kappa shape index (κ2) is 9.86. The zero-order valence-electron chi connectivity index (χ0n) is 20.5. The van der Waals surface area contributed by atoms with Gasteiger partial charge in [-0.3, -0.25) is 4.79 Å². The van der Waals surface area contributed by atoms with Crippen molar-refractivity contribution in [2.45, 2.75) is 66.3 Å². The third-order valence-electron chi connectivity index (χ3n) is 6.84. The number of fused-ring (bicyclic) bond motifs is 1. The lowest BCUT2D eigenvalue weighted by atomic mass is 9.95. The summed E-state index contributed by atoms with van der Waals surface area (Å²) in [4.78, 5) is 15.3. The van der Waals surface area contributed by atoms with Gasteiger partial charge in [-0.05, 0) is 70.6 Å². The number of furan rings is 1. The average Bonchev–Trinajstić information content (AvgIpc) is 3.25. The van der Waals surface area contributed by atoms with Crippen LogP contribution in [0.15, 0.2) is 47.1 Å². The molecule has 33 heavy (non-hydrogen) atoms. The summed E-state index contributed by atoms with van der Waals surface area (Å²) in [5.74, 6) is 0.896. The van der Waals surface area contributed by atoms with E-state index in [1.165, 1.54) is 12.0 Å². The smallest absolute Gasteiger partial charge is 0.247 e. The maximum atomic E-state index is 13.2. The van der Waals surface area contributed by atoms with E-state index in [-0.39, 0.29) is 5.91 Å². The maximum Gasteiger partial charge on any atom is 0.247 e. The van der Waals surface area contributed by atoms with Crippen molar-refractivity contribution < 1.29 is 13.9 Å². The van der Waals surface area contributed by atoms with Gasteiger partial charge in [0.15, 0.2) is 0 Å². The lowest BCUT2D eigenvalue weighted by Crippen LogP contribution is -2.42. The Morgan fingerprint density at radius 3 is 2.64 bits per heavy atom. The van der Waals surface area contributed by atoms with Crippen molar-refractivity contribution in [3.63, 3.8) is 0 Å². The normalized spacial score (nSPS) is 16.9. The van der Waals surface area contributed by atoms with Gasteiger partial charge in [-0.15, -0.1) is 0 Å². The highest BCUT2D eigenvalue weighted by Gasteiger charge is 2.25. The van der Waals surface area contributed by atoms with Crippen molar-refractivity contribution in [2.75, 3.05) is 13.2 Å². The molecule has 0 aliphatic carbocycles. The summed E-state index contributed by atoms with van der Waals surface area (Å²) in [5.41, 5.74) is 7.07. The molecule has 3 aromatic rings. The third kappa shape index (κ3) is 4.57. The molecule has 1 amide bonds. The molecule has 1 aliphatic heterocycles. The van der Waals surface area contributed by atoms with E-state index in [0.717, 1.165) is 70.4 Å². The number of benzene rings is 2. The predicted octanol–water partition coefficient (Wildman–Crippen LogP) is 7.31. The molecule has 0 spiro atoms. The van der Waals surface area contributed by atoms with Gasteiger partial charge in [0.25, 0.3) is 0 Å². The lowest BCUT2D eigenvalue weighted by Gasteiger charge is -2.34. The minimum absolute atomic E-state index is 0.102. The highest BCUT2D eigenvalue weighted by Crippen LogP contribution is 2.41. The van der Waals surface area contributed by atoms with E-state index in [1.54, 1.807) is 6.08 Å². The summed E-state index contributed by atoms with van der Waals surface area (Å²) in [6.07, 6.45) is 8.01. The molecule has 1 atom stereocenters. The van der Waals surface area contributed by atoms with Crippen LogP contribution in [-0.4, -0.2) is 30.0 Å². The fourth-order valence-electron chi connectivity index (χ4n) is 4.96. The van der Waals surface area contributed by atoms with Gasteiger partial charge in [-0.2, -0.15) is 0 Å². The first-order valence-corrected chi connectivity index (χ1v) is 12.2. The topological polar surface area (TPSA) is 42.7 Å². The average molecular weight is 446 g/mol. The molecule has 0 saturated carbocycles. The Labute approximate surface area is 197 Å². The van der Waals surface area contributed by atoms with Crippen LogP contribution in [0.3, 0.4) is 0 Å². The summed E-state index contributed by atoms with van der Waals surface area (Å²) >= 11 is 0. The minimum Gasteiger partial charge on any atom is -0.493 e. The Bertz CT molecular complexity index is 1170. The number of rotatable bonds is 6. The van der Waals surface area contributed by atoms with E-state index in [2.05, 4.69) is 44.2 Å². The van der Waals surface area contributed by atoms with Crippen LogP contribution in [0, 0.1) is 13.8 Å². The lowest BCUT2D eigenvalue weighted by molar-refractivity contribution is -0.129. The van der Waals surface area contributed by atoms with Crippen molar-refractivity contribution in [3.05, 3.63) is 59.4 Å². The second-order valence-corrected chi connectivity index (χ2v) is 9.12. The van der Waals surface area contributed by atoms with E-state index in [1.807, 2.05) is 31.9 Å². The molecule has 1 unspecified atom stereocenters. The van der Waals surface area contributed by atoms with Crippen LogP contribution in [0.5, 0.6) is 5.75 Å². The molecule has 174 valence electrons. The fraction of sp³-hybridized carbons (Fsp3) is 0.414. The molecule has 1 saturated heterocycles. The number of nitrogens with zero attached hydrogens (tertiary/aromatic N) is 1.